The van der Waals surface area contributed by atoms with Gasteiger partial charge in [0.25, 0.3) is 5.56 Å². The van der Waals surface area contributed by atoms with Gasteiger partial charge >= 0.3 is 0 Å². The predicted octanol–water partition coefficient (Wildman–Crippen LogP) is 0.731. The number of piperazine rings is 1. The van der Waals surface area contributed by atoms with Gasteiger partial charge < -0.3 is 10.2 Å². The van der Waals surface area contributed by atoms with Gasteiger partial charge in [-0.05, 0) is 30.5 Å². The molecular weight excluding hydrogens is 343 g/mol. The first-order valence-corrected chi connectivity index (χ1v) is 9.35. The van der Waals surface area contributed by atoms with Crippen LogP contribution in [0.3, 0.4) is 0 Å². The Hall–Kier alpha value is -2.73. The number of rotatable bonds is 4. The minimum absolute atomic E-state index is 0.156. The number of halogens is 1. The monoisotopic (exact) mass is 366 g/mol. The predicted molar refractivity (Wildman–Crippen MR) is 105 cm³/mol. The third-order valence-electron chi connectivity index (χ3n) is 5.21. The van der Waals surface area contributed by atoms with Gasteiger partial charge in [0, 0.05) is 54.3 Å². The molecule has 1 saturated heterocycles. The highest BCUT2D eigenvalue weighted by molar-refractivity contribution is 5.63. The topological polar surface area (TPSA) is 61.0 Å². The second-order valence-corrected chi connectivity index (χ2v) is 6.99. The van der Waals surface area contributed by atoms with Crippen molar-refractivity contribution in [2.45, 2.75) is 19.3 Å². The van der Waals surface area contributed by atoms with Crippen molar-refractivity contribution in [3.05, 3.63) is 68.2 Å². The molecule has 0 radical (unpaired) electrons. The number of benzene rings is 1. The number of nitrogens with one attached hydrogen (secondary N) is 2. The van der Waals surface area contributed by atoms with Crippen molar-refractivity contribution in [2.24, 2.45) is 0 Å². The zero-order valence-corrected chi connectivity index (χ0v) is 15.2. The number of aromatic amines is 1. The van der Waals surface area contributed by atoms with Crippen molar-refractivity contribution in [3.63, 3.8) is 0 Å². The first kappa shape index (κ1) is 17.7. The summed E-state index contributed by atoms with van der Waals surface area (Å²) < 4.78 is 14.5. The van der Waals surface area contributed by atoms with Gasteiger partial charge in [-0.25, -0.2) is 9.49 Å². The molecule has 6 heteroatoms. The average molecular weight is 366 g/mol. The van der Waals surface area contributed by atoms with Crippen LogP contribution in [-0.4, -0.2) is 41.3 Å². The lowest BCUT2D eigenvalue weighted by molar-refractivity contribution is 0.340. The van der Waals surface area contributed by atoms with E-state index in [-0.39, 0.29) is 11.4 Å². The normalized spacial score (nSPS) is 16.3. The van der Waals surface area contributed by atoms with E-state index in [2.05, 4.69) is 33.1 Å². The molecule has 1 aromatic heterocycles. The summed E-state index contributed by atoms with van der Waals surface area (Å²) in [6.45, 7) is 7.52. The second kappa shape index (κ2) is 7.48. The molecule has 0 unspecified atom stereocenters. The molecule has 1 fully saturated rings. The van der Waals surface area contributed by atoms with Gasteiger partial charge in [-0.15, -0.1) is 0 Å². The van der Waals surface area contributed by atoms with E-state index in [9.17, 15) is 9.18 Å². The van der Waals surface area contributed by atoms with Crippen LogP contribution in [0.4, 0.5) is 4.39 Å². The molecule has 27 heavy (non-hydrogen) atoms. The van der Waals surface area contributed by atoms with Gasteiger partial charge in [0.1, 0.15) is 5.82 Å². The molecule has 0 spiro atoms. The van der Waals surface area contributed by atoms with Crippen LogP contribution in [0.1, 0.15) is 29.7 Å². The number of aromatic nitrogens is 2. The fraction of sp³-hybridized carbons (Fsp3) is 0.333. The minimum Gasteiger partial charge on any atom is -0.369 e. The van der Waals surface area contributed by atoms with Crippen LogP contribution in [0.2, 0.25) is 0 Å². The van der Waals surface area contributed by atoms with Crippen LogP contribution in [0.25, 0.3) is 17.8 Å². The summed E-state index contributed by atoms with van der Waals surface area (Å²) in [5.74, 6) is -0.265. The maximum atomic E-state index is 14.5. The summed E-state index contributed by atoms with van der Waals surface area (Å²) in [6.07, 6.45) is 6.33. The molecule has 0 bridgehead atoms. The molecule has 140 valence electrons. The van der Waals surface area contributed by atoms with Gasteiger partial charge in [0.15, 0.2) is 0 Å². The van der Waals surface area contributed by atoms with E-state index in [0.29, 0.717) is 22.9 Å². The van der Waals surface area contributed by atoms with Crippen LogP contribution in [0.15, 0.2) is 29.6 Å². The quantitative estimate of drug-likeness (QED) is 0.838. The molecule has 1 aliphatic carbocycles. The fourth-order valence-electron chi connectivity index (χ4n) is 3.74. The lowest BCUT2D eigenvalue weighted by atomic mass is 10.0. The zero-order valence-electron chi connectivity index (χ0n) is 15.2. The van der Waals surface area contributed by atoms with Gasteiger partial charge in [-0.1, -0.05) is 24.8 Å². The third-order valence-corrected chi connectivity index (χ3v) is 5.21. The van der Waals surface area contributed by atoms with E-state index >= 15 is 0 Å². The summed E-state index contributed by atoms with van der Waals surface area (Å²) in [5, 5.41) is 11.7. The Morgan fingerprint density at radius 3 is 2.70 bits per heavy atom. The fourth-order valence-corrected chi connectivity index (χ4v) is 3.74. The SMILES string of the molecule is C=C(c1cc(Cc2n[nH]c(=O)c3c2=CCCC=3)ccc1F)N1CCNCC1. The van der Waals surface area contributed by atoms with E-state index in [0.717, 1.165) is 55.5 Å². The van der Waals surface area contributed by atoms with Crippen molar-refractivity contribution in [3.8, 4) is 0 Å². The van der Waals surface area contributed by atoms with Gasteiger partial charge in [-0.3, -0.25) is 4.79 Å². The molecular formula is C21H23FN4O. The maximum absolute atomic E-state index is 14.5. The average Bonchev–Trinajstić information content (AvgIpc) is 2.72. The Labute approximate surface area is 156 Å². The molecule has 1 aliphatic heterocycles. The lowest BCUT2D eigenvalue weighted by Crippen LogP contribution is -2.45. The maximum Gasteiger partial charge on any atom is 0.271 e. The summed E-state index contributed by atoms with van der Waals surface area (Å²) in [4.78, 5) is 14.1. The number of hydrogen-bond donors (Lipinski definition) is 2. The lowest BCUT2D eigenvalue weighted by Gasteiger charge is -2.31. The highest BCUT2D eigenvalue weighted by atomic mass is 19.1. The molecule has 5 nitrogen and oxygen atoms in total. The summed E-state index contributed by atoms with van der Waals surface area (Å²) in [5.41, 5.74) is 2.85. The molecule has 2 heterocycles. The van der Waals surface area contributed by atoms with Crippen molar-refractivity contribution in [1.29, 1.82) is 0 Å². The smallest absolute Gasteiger partial charge is 0.271 e. The Morgan fingerprint density at radius 2 is 1.93 bits per heavy atom. The molecule has 0 amide bonds. The number of H-pyrrole nitrogens is 1. The van der Waals surface area contributed by atoms with E-state index < -0.39 is 0 Å². The molecule has 2 aromatic rings. The first-order valence-electron chi connectivity index (χ1n) is 9.35. The Kier molecular flexibility index (Phi) is 4.90. The van der Waals surface area contributed by atoms with Gasteiger partial charge in [-0.2, -0.15) is 5.10 Å². The van der Waals surface area contributed by atoms with Crippen LogP contribution in [-0.2, 0) is 6.42 Å². The van der Waals surface area contributed by atoms with Crippen LogP contribution >= 0.6 is 0 Å². The molecule has 2 N–H and O–H groups in total. The van der Waals surface area contributed by atoms with Crippen LogP contribution < -0.4 is 21.3 Å². The number of nitrogens with zero attached hydrogens (tertiary/aromatic N) is 2. The summed E-state index contributed by atoms with van der Waals surface area (Å²) in [7, 11) is 0. The molecule has 0 saturated carbocycles. The third kappa shape index (κ3) is 3.57. The molecule has 4 rings (SSSR count). The zero-order chi connectivity index (χ0) is 18.8. The Balaban J connectivity index is 1.67. The van der Waals surface area contributed by atoms with Crippen molar-refractivity contribution in [1.82, 2.24) is 20.4 Å². The van der Waals surface area contributed by atoms with Crippen molar-refractivity contribution >= 4 is 17.8 Å². The van der Waals surface area contributed by atoms with E-state index in [1.807, 2.05) is 12.1 Å². The van der Waals surface area contributed by atoms with Crippen LogP contribution in [0.5, 0.6) is 0 Å². The second-order valence-electron chi connectivity index (χ2n) is 6.99. The van der Waals surface area contributed by atoms with Crippen LogP contribution in [0, 0.1) is 5.82 Å². The highest BCUT2D eigenvalue weighted by Crippen LogP contribution is 2.23. The number of hydrogen-bond acceptors (Lipinski definition) is 4. The Morgan fingerprint density at radius 1 is 1.19 bits per heavy atom. The Bertz CT molecular complexity index is 1050. The van der Waals surface area contributed by atoms with E-state index in [1.54, 1.807) is 6.07 Å². The van der Waals surface area contributed by atoms with Gasteiger partial charge in [0.05, 0.1) is 5.69 Å². The standard InChI is InChI=1S/C21H23FN4O/c1-14(26-10-8-23-9-11-26)18-12-15(6-7-19(18)22)13-20-16-4-2-3-5-17(16)21(27)25-24-20/h4-7,12,23H,1-3,8-11,13H2,(H,25,27). The first-order chi connectivity index (χ1) is 13.1. The largest absolute Gasteiger partial charge is 0.369 e. The summed E-state index contributed by atoms with van der Waals surface area (Å²) in [6, 6.07) is 5.12. The molecule has 1 aromatic carbocycles. The van der Waals surface area contributed by atoms with E-state index in [1.165, 1.54) is 6.07 Å². The van der Waals surface area contributed by atoms with Crippen molar-refractivity contribution < 1.29 is 4.39 Å². The minimum atomic E-state index is -0.265. The van der Waals surface area contributed by atoms with E-state index in [4.69, 9.17) is 0 Å². The molecule has 2 aliphatic rings. The highest BCUT2D eigenvalue weighted by Gasteiger charge is 2.17. The molecule has 0 atom stereocenters. The van der Waals surface area contributed by atoms with Crippen molar-refractivity contribution in [2.75, 3.05) is 26.2 Å². The number of fused-ring (bicyclic) bond motifs is 1. The van der Waals surface area contributed by atoms with Gasteiger partial charge in [0.2, 0.25) is 0 Å². The summed E-state index contributed by atoms with van der Waals surface area (Å²) >= 11 is 0.